The topological polar surface area (TPSA) is 38.3 Å². The Hall–Kier alpha value is -1.51. The highest BCUT2D eigenvalue weighted by Gasteiger charge is 2.40. The average molecular weight is 301 g/mol. The molecule has 1 amide bonds. The van der Waals surface area contributed by atoms with Gasteiger partial charge in [0.1, 0.15) is 5.75 Å². The quantitative estimate of drug-likeness (QED) is 0.921. The standard InChI is InChI=1S/C19H27NO2/c1-11-7-12(2)13(3)18(8-11)22-14(4)19(21)20-17-10-15-5-6-16(17)9-15/h7-8,14-17H,5-6,9-10H2,1-4H3,(H,20,21)/t14-,15+,16+,17+/m1/s1. The van der Waals surface area contributed by atoms with Gasteiger partial charge in [-0.3, -0.25) is 4.79 Å². The summed E-state index contributed by atoms with van der Waals surface area (Å²) in [5.74, 6) is 2.39. The van der Waals surface area contributed by atoms with E-state index in [0.29, 0.717) is 12.0 Å². The van der Waals surface area contributed by atoms with Crippen molar-refractivity contribution in [3.8, 4) is 5.75 Å². The van der Waals surface area contributed by atoms with Crippen LogP contribution in [-0.2, 0) is 4.79 Å². The van der Waals surface area contributed by atoms with Crippen LogP contribution in [0.5, 0.6) is 5.75 Å². The Labute approximate surface area is 133 Å². The van der Waals surface area contributed by atoms with E-state index in [9.17, 15) is 4.79 Å². The smallest absolute Gasteiger partial charge is 0.261 e. The fourth-order valence-corrected chi connectivity index (χ4v) is 4.09. The number of benzene rings is 1. The van der Waals surface area contributed by atoms with Crippen molar-refractivity contribution in [1.29, 1.82) is 0 Å². The summed E-state index contributed by atoms with van der Waals surface area (Å²) < 4.78 is 5.95. The van der Waals surface area contributed by atoms with Crippen molar-refractivity contribution >= 4 is 5.91 Å². The molecule has 3 rings (SSSR count). The van der Waals surface area contributed by atoms with Crippen molar-refractivity contribution in [2.45, 2.75) is 65.5 Å². The lowest BCUT2D eigenvalue weighted by molar-refractivity contribution is -0.128. The summed E-state index contributed by atoms with van der Waals surface area (Å²) in [7, 11) is 0. The molecule has 1 aromatic rings. The molecule has 0 heterocycles. The summed E-state index contributed by atoms with van der Waals surface area (Å²) in [6.07, 6.45) is 4.65. The molecule has 0 saturated heterocycles. The molecule has 22 heavy (non-hydrogen) atoms. The molecule has 2 aliphatic carbocycles. The predicted molar refractivity (Wildman–Crippen MR) is 88.1 cm³/mol. The summed E-state index contributed by atoms with van der Waals surface area (Å²) >= 11 is 0. The van der Waals surface area contributed by atoms with Crippen molar-refractivity contribution in [3.63, 3.8) is 0 Å². The van der Waals surface area contributed by atoms with Crippen molar-refractivity contribution < 1.29 is 9.53 Å². The maximum atomic E-state index is 12.4. The average Bonchev–Trinajstić information content (AvgIpc) is 3.06. The minimum Gasteiger partial charge on any atom is -0.481 e. The van der Waals surface area contributed by atoms with Crippen molar-refractivity contribution in [2.24, 2.45) is 11.8 Å². The molecule has 2 fully saturated rings. The monoisotopic (exact) mass is 301 g/mol. The van der Waals surface area contributed by atoms with Gasteiger partial charge in [-0.1, -0.05) is 12.5 Å². The van der Waals surface area contributed by atoms with Crippen molar-refractivity contribution in [1.82, 2.24) is 5.32 Å². The molecule has 3 heteroatoms. The summed E-state index contributed by atoms with van der Waals surface area (Å²) in [6.45, 7) is 8.03. The summed E-state index contributed by atoms with van der Waals surface area (Å²) in [4.78, 5) is 12.4. The van der Waals surface area contributed by atoms with Crippen LogP contribution in [0.4, 0.5) is 0 Å². The number of amides is 1. The van der Waals surface area contributed by atoms with Crippen LogP contribution >= 0.6 is 0 Å². The molecule has 3 nitrogen and oxygen atoms in total. The maximum absolute atomic E-state index is 12.4. The Morgan fingerprint density at radius 3 is 2.64 bits per heavy atom. The highest BCUT2D eigenvalue weighted by Crippen LogP contribution is 2.44. The van der Waals surface area contributed by atoms with Crippen LogP contribution in [0.2, 0.25) is 0 Å². The Morgan fingerprint density at radius 1 is 1.23 bits per heavy atom. The molecule has 0 radical (unpaired) electrons. The van der Waals surface area contributed by atoms with Gasteiger partial charge in [-0.15, -0.1) is 0 Å². The SMILES string of the molecule is Cc1cc(C)c(C)c(O[C@H](C)C(=O)N[C@H]2C[C@H]3CC[C@H]2C3)c1. The van der Waals surface area contributed by atoms with E-state index in [0.717, 1.165) is 23.7 Å². The van der Waals surface area contributed by atoms with Crippen LogP contribution in [0.15, 0.2) is 12.1 Å². The van der Waals surface area contributed by atoms with Gasteiger partial charge in [-0.2, -0.15) is 0 Å². The van der Waals surface area contributed by atoms with E-state index >= 15 is 0 Å². The molecule has 2 bridgehead atoms. The Kier molecular flexibility index (Phi) is 4.16. The van der Waals surface area contributed by atoms with Gasteiger partial charge in [0.25, 0.3) is 5.91 Å². The molecular weight excluding hydrogens is 274 g/mol. The lowest BCUT2D eigenvalue weighted by Crippen LogP contribution is -2.44. The molecular formula is C19H27NO2. The summed E-state index contributed by atoms with van der Waals surface area (Å²) in [5.41, 5.74) is 3.49. The first kappa shape index (κ1) is 15.4. The number of rotatable bonds is 4. The number of ether oxygens (including phenoxy) is 1. The lowest BCUT2D eigenvalue weighted by atomic mass is 9.95. The molecule has 4 atom stereocenters. The first-order chi connectivity index (χ1) is 10.4. The third kappa shape index (κ3) is 2.99. The minimum absolute atomic E-state index is 0.0242. The highest BCUT2D eigenvalue weighted by atomic mass is 16.5. The molecule has 0 unspecified atom stereocenters. The zero-order valence-electron chi connectivity index (χ0n) is 14.1. The van der Waals surface area contributed by atoms with Crippen LogP contribution < -0.4 is 10.1 Å². The molecule has 0 aliphatic heterocycles. The van der Waals surface area contributed by atoms with Gasteiger partial charge in [-0.25, -0.2) is 0 Å². The number of carbonyl (C=O) groups is 1. The lowest BCUT2D eigenvalue weighted by Gasteiger charge is -2.25. The Bertz CT molecular complexity index is 581. The van der Waals surface area contributed by atoms with Crippen LogP contribution in [0.3, 0.4) is 0 Å². The Morgan fingerprint density at radius 2 is 2.00 bits per heavy atom. The molecule has 120 valence electrons. The second-order valence-corrected chi connectivity index (χ2v) is 7.25. The van der Waals surface area contributed by atoms with Gasteiger partial charge in [0.2, 0.25) is 0 Å². The number of hydrogen-bond donors (Lipinski definition) is 1. The molecule has 0 spiro atoms. The van der Waals surface area contributed by atoms with E-state index in [1.54, 1.807) is 0 Å². The molecule has 1 aromatic carbocycles. The molecule has 2 aliphatic rings. The first-order valence-corrected chi connectivity index (χ1v) is 8.49. The third-order valence-corrected chi connectivity index (χ3v) is 5.50. The highest BCUT2D eigenvalue weighted by molar-refractivity contribution is 5.81. The van der Waals surface area contributed by atoms with Crippen molar-refractivity contribution in [2.75, 3.05) is 0 Å². The maximum Gasteiger partial charge on any atom is 0.261 e. The van der Waals surface area contributed by atoms with Crippen LogP contribution in [0.25, 0.3) is 0 Å². The van der Waals surface area contributed by atoms with Gasteiger partial charge >= 0.3 is 0 Å². The molecule has 1 N–H and O–H groups in total. The second-order valence-electron chi connectivity index (χ2n) is 7.25. The third-order valence-electron chi connectivity index (χ3n) is 5.50. The number of hydrogen-bond acceptors (Lipinski definition) is 2. The number of fused-ring (bicyclic) bond motifs is 2. The predicted octanol–water partition coefficient (Wildman–Crippen LogP) is 3.68. The normalized spacial score (nSPS) is 27.7. The largest absolute Gasteiger partial charge is 0.481 e. The van der Waals surface area contributed by atoms with Crippen molar-refractivity contribution in [3.05, 3.63) is 28.8 Å². The van der Waals surface area contributed by atoms with E-state index in [2.05, 4.69) is 25.2 Å². The van der Waals surface area contributed by atoms with E-state index in [-0.39, 0.29) is 5.91 Å². The zero-order chi connectivity index (χ0) is 15.9. The zero-order valence-corrected chi connectivity index (χ0v) is 14.1. The van der Waals surface area contributed by atoms with E-state index in [4.69, 9.17) is 4.74 Å². The molecule has 2 saturated carbocycles. The number of carbonyl (C=O) groups excluding carboxylic acids is 1. The minimum atomic E-state index is -0.445. The van der Waals surface area contributed by atoms with Gasteiger partial charge < -0.3 is 10.1 Å². The molecule has 0 aromatic heterocycles. The Balaban J connectivity index is 1.62. The van der Waals surface area contributed by atoms with E-state index < -0.39 is 6.10 Å². The number of aryl methyl sites for hydroxylation is 2. The summed E-state index contributed by atoms with van der Waals surface area (Å²) in [5, 5.41) is 3.22. The second kappa shape index (κ2) is 5.94. The summed E-state index contributed by atoms with van der Waals surface area (Å²) in [6, 6.07) is 4.53. The fourth-order valence-electron chi connectivity index (χ4n) is 4.09. The van der Waals surface area contributed by atoms with Crippen LogP contribution in [0.1, 0.15) is 49.3 Å². The van der Waals surface area contributed by atoms with Gasteiger partial charge in [0.15, 0.2) is 6.10 Å². The van der Waals surface area contributed by atoms with Gasteiger partial charge in [-0.05, 0) is 81.5 Å². The van der Waals surface area contributed by atoms with E-state index in [1.807, 2.05) is 19.9 Å². The van der Waals surface area contributed by atoms with Gasteiger partial charge in [0, 0.05) is 6.04 Å². The van der Waals surface area contributed by atoms with Crippen LogP contribution in [-0.4, -0.2) is 18.1 Å². The van der Waals surface area contributed by atoms with Gasteiger partial charge in [0.05, 0.1) is 0 Å². The fraction of sp³-hybridized carbons (Fsp3) is 0.632. The van der Waals surface area contributed by atoms with Crippen LogP contribution in [0, 0.1) is 32.6 Å². The van der Waals surface area contributed by atoms with E-state index in [1.165, 1.54) is 30.4 Å². The first-order valence-electron chi connectivity index (χ1n) is 8.49. The number of nitrogens with one attached hydrogen (secondary N) is 1.